The second-order valence-electron chi connectivity index (χ2n) is 3.43. The first-order valence-electron chi connectivity index (χ1n) is 4.74. The van der Waals surface area contributed by atoms with Crippen LogP contribution in [0.2, 0.25) is 0 Å². The Morgan fingerprint density at radius 2 is 2.36 bits per heavy atom. The molecule has 0 aliphatic heterocycles. The van der Waals surface area contributed by atoms with E-state index >= 15 is 0 Å². The van der Waals surface area contributed by atoms with E-state index in [2.05, 4.69) is 5.32 Å². The SMILES string of the molecule is CC(C)OCC(O)CNc1ccsc1. The van der Waals surface area contributed by atoms with Gasteiger partial charge in [0.2, 0.25) is 0 Å². The van der Waals surface area contributed by atoms with Gasteiger partial charge in [0.05, 0.1) is 18.8 Å². The highest BCUT2D eigenvalue weighted by molar-refractivity contribution is 7.08. The topological polar surface area (TPSA) is 41.5 Å². The number of aliphatic hydroxyl groups is 1. The number of nitrogens with one attached hydrogen (secondary N) is 1. The fraction of sp³-hybridized carbons (Fsp3) is 0.600. The average Bonchev–Trinajstić information content (AvgIpc) is 2.63. The van der Waals surface area contributed by atoms with Crippen molar-refractivity contribution < 1.29 is 9.84 Å². The first-order valence-corrected chi connectivity index (χ1v) is 5.68. The summed E-state index contributed by atoms with van der Waals surface area (Å²) < 4.78 is 5.29. The van der Waals surface area contributed by atoms with Gasteiger partial charge in [-0.2, -0.15) is 11.3 Å². The summed E-state index contributed by atoms with van der Waals surface area (Å²) in [7, 11) is 0. The lowest BCUT2D eigenvalue weighted by Gasteiger charge is -2.14. The Morgan fingerprint density at radius 1 is 1.57 bits per heavy atom. The molecule has 1 rings (SSSR count). The zero-order valence-corrected chi connectivity index (χ0v) is 9.38. The lowest BCUT2D eigenvalue weighted by molar-refractivity contribution is 0.0112. The predicted octanol–water partition coefficient (Wildman–Crippen LogP) is 1.95. The Bertz CT molecular complexity index is 236. The summed E-state index contributed by atoms with van der Waals surface area (Å²) in [6, 6.07) is 1.99. The molecule has 0 bridgehead atoms. The van der Waals surface area contributed by atoms with Crippen LogP contribution in [0.25, 0.3) is 0 Å². The van der Waals surface area contributed by atoms with Crippen molar-refractivity contribution in [3.05, 3.63) is 16.8 Å². The lowest BCUT2D eigenvalue weighted by Crippen LogP contribution is -2.26. The zero-order chi connectivity index (χ0) is 10.4. The molecule has 4 heteroatoms. The van der Waals surface area contributed by atoms with E-state index in [1.807, 2.05) is 30.7 Å². The second-order valence-corrected chi connectivity index (χ2v) is 4.21. The van der Waals surface area contributed by atoms with Crippen LogP contribution in [0.15, 0.2) is 16.8 Å². The third-order valence-electron chi connectivity index (χ3n) is 1.68. The van der Waals surface area contributed by atoms with Crippen molar-refractivity contribution in [3.8, 4) is 0 Å². The number of ether oxygens (including phenoxy) is 1. The van der Waals surface area contributed by atoms with Gasteiger partial charge in [0.25, 0.3) is 0 Å². The van der Waals surface area contributed by atoms with E-state index in [0.29, 0.717) is 13.2 Å². The molecular formula is C10H17NO2S. The summed E-state index contributed by atoms with van der Waals surface area (Å²) in [5, 5.41) is 16.7. The molecular weight excluding hydrogens is 198 g/mol. The molecule has 2 N–H and O–H groups in total. The Morgan fingerprint density at radius 3 is 2.93 bits per heavy atom. The molecule has 1 atom stereocenters. The number of hydrogen-bond donors (Lipinski definition) is 2. The van der Waals surface area contributed by atoms with E-state index in [-0.39, 0.29) is 6.10 Å². The molecule has 0 aliphatic carbocycles. The van der Waals surface area contributed by atoms with Gasteiger partial charge in [-0.25, -0.2) is 0 Å². The summed E-state index contributed by atoms with van der Waals surface area (Å²) >= 11 is 1.63. The van der Waals surface area contributed by atoms with Crippen molar-refractivity contribution in [1.82, 2.24) is 0 Å². The van der Waals surface area contributed by atoms with Gasteiger partial charge < -0.3 is 15.2 Å². The van der Waals surface area contributed by atoms with E-state index in [1.165, 1.54) is 0 Å². The van der Waals surface area contributed by atoms with Gasteiger partial charge in [-0.1, -0.05) is 0 Å². The highest BCUT2D eigenvalue weighted by Gasteiger charge is 2.05. The van der Waals surface area contributed by atoms with Crippen LogP contribution >= 0.6 is 11.3 Å². The van der Waals surface area contributed by atoms with Crippen molar-refractivity contribution in [2.75, 3.05) is 18.5 Å². The highest BCUT2D eigenvalue weighted by atomic mass is 32.1. The maximum atomic E-state index is 9.51. The molecule has 0 saturated heterocycles. The molecule has 0 aliphatic rings. The van der Waals surface area contributed by atoms with Crippen molar-refractivity contribution in [2.45, 2.75) is 26.1 Å². The number of hydrogen-bond acceptors (Lipinski definition) is 4. The molecule has 0 spiro atoms. The molecule has 0 fully saturated rings. The quantitative estimate of drug-likeness (QED) is 0.762. The fourth-order valence-corrected chi connectivity index (χ4v) is 1.58. The number of rotatable bonds is 6. The maximum absolute atomic E-state index is 9.51. The normalized spacial score (nSPS) is 13.1. The third-order valence-corrected chi connectivity index (χ3v) is 2.37. The fourth-order valence-electron chi connectivity index (χ4n) is 0.963. The number of thiophene rings is 1. The molecule has 0 amide bonds. The van der Waals surface area contributed by atoms with E-state index in [9.17, 15) is 5.11 Å². The summed E-state index contributed by atoms with van der Waals surface area (Å²) in [5.41, 5.74) is 1.05. The minimum atomic E-state index is -0.447. The van der Waals surface area contributed by atoms with E-state index in [4.69, 9.17) is 4.74 Å². The standard InChI is InChI=1S/C10H17NO2S/c1-8(2)13-6-10(12)5-11-9-3-4-14-7-9/h3-4,7-8,10-12H,5-6H2,1-2H3. The second kappa shape index (κ2) is 6.01. The van der Waals surface area contributed by atoms with Crippen LogP contribution in [0, 0.1) is 0 Å². The van der Waals surface area contributed by atoms with Crippen LogP contribution in [0.1, 0.15) is 13.8 Å². The average molecular weight is 215 g/mol. The van der Waals surface area contributed by atoms with Gasteiger partial charge in [0.15, 0.2) is 0 Å². The Hall–Kier alpha value is -0.580. The highest BCUT2D eigenvalue weighted by Crippen LogP contribution is 2.11. The van der Waals surface area contributed by atoms with Gasteiger partial charge in [0.1, 0.15) is 0 Å². The first-order chi connectivity index (χ1) is 6.68. The zero-order valence-electron chi connectivity index (χ0n) is 8.56. The summed E-state index contributed by atoms with van der Waals surface area (Å²) in [6.45, 7) is 4.83. The monoisotopic (exact) mass is 215 g/mol. The molecule has 0 aromatic carbocycles. The summed E-state index contributed by atoms with van der Waals surface area (Å²) in [6.07, 6.45) is -0.275. The van der Waals surface area contributed by atoms with Gasteiger partial charge in [-0.05, 0) is 25.3 Å². The molecule has 0 radical (unpaired) electrons. The first kappa shape index (κ1) is 11.5. The summed E-state index contributed by atoms with van der Waals surface area (Å²) in [4.78, 5) is 0. The van der Waals surface area contributed by atoms with E-state index in [1.54, 1.807) is 11.3 Å². The van der Waals surface area contributed by atoms with Crippen LogP contribution in [0.5, 0.6) is 0 Å². The minimum absolute atomic E-state index is 0.172. The largest absolute Gasteiger partial charge is 0.389 e. The molecule has 1 unspecified atom stereocenters. The molecule has 80 valence electrons. The molecule has 1 aromatic heterocycles. The van der Waals surface area contributed by atoms with E-state index < -0.39 is 6.10 Å². The minimum Gasteiger partial charge on any atom is -0.389 e. The molecule has 1 heterocycles. The third kappa shape index (κ3) is 4.60. The van der Waals surface area contributed by atoms with Crippen molar-refractivity contribution in [2.24, 2.45) is 0 Å². The van der Waals surface area contributed by atoms with Crippen LogP contribution in [0.3, 0.4) is 0 Å². The smallest absolute Gasteiger partial charge is 0.0945 e. The number of aliphatic hydroxyl groups excluding tert-OH is 1. The maximum Gasteiger partial charge on any atom is 0.0945 e. The molecule has 1 aromatic rings. The van der Waals surface area contributed by atoms with Gasteiger partial charge in [0, 0.05) is 17.6 Å². The van der Waals surface area contributed by atoms with Gasteiger partial charge >= 0.3 is 0 Å². The molecule has 14 heavy (non-hydrogen) atoms. The van der Waals surface area contributed by atoms with E-state index in [0.717, 1.165) is 5.69 Å². The lowest BCUT2D eigenvalue weighted by atomic mass is 10.3. The summed E-state index contributed by atoms with van der Waals surface area (Å²) in [5.74, 6) is 0. The Balaban J connectivity index is 2.12. The van der Waals surface area contributed by atoms with Crippen molar-refractivity contribution in [1.29, 1.82) is 0 Å². The Kier molecular flexibility index (Phi) is 4.93. The molecule has 3 nitrogen and oxygen atoms in total. The molecule has 0 saturated carbocycles. The van der Waals surface area contributed by atoms with Gasteiger partial charge in [-0.3, -0.25) is 0 Å². The van der Waals surface area contributed by atoms with Crippen molar-refractivity contribution >= 4 is 17.0 Å². The van der Waals surface area contributed by atoms with Crippen molar-refractivity contribution in [3.63, 3.8) is 0 Å². The Labute approximate surface area is 88.7 Å². The van der Waals surface area contributed by atoms with Crippen LogP contribution < -0.4 is 5.32 Å². The van der Waals surface area contributed by atoms with Gasteiger partial charge in [-0.15, -0.1) is 0 Å². The van der Waals surface area contributed by atoms with Crippen LogP contribution in [0.4, 0.5) is 5.69 Å². The van der Waals surface area contributed by atoms with Crippen LogP contribution in [-0.2, 0) is 4.74 Å². The van der Waals surface area contributed by atoms with Crippen LogP contribution in [-0.4, -0.2) is 30.5 Å². The predicted molar refractivity (Wildman–Crippen MR) is 59.9 cm³/mol. The number of anilines is 1.